The van der Waals surface area contributed by atoms with Crippen molar-refractivity contribution in [3.63, 3.8) is 0 Å². The molecule has 0 spiro atoms. The van der Waals surface area contributed by atoms with Crippen LogP contribution in [0.1, 0.15) is 12.0 Å². The van der Waals surface area contributed by atoms with Gasteiger partial charge in [-0.15, -0.1) is 0 Å². The van der Waals surface area contributed by atoms with E-state index in [1.54, 1.807) is 0 Å². The molecular weight excluding hydrogens is 305 g/mol. The van der Waals surface area contributed by atoms with Crippen LogP contribution in [0.4, 0.5) is 13.2 Å². The molecule has 22 heavy (non-hydrogen) atoms. The number of hydrogen-bond donors (Lipinski definition) is 3. The number of benzene rings is 1. The smallest absolute Gasteiger partial charge is 0.392 e. The highest BCUT2D eigenvalue weighted by atomic mass is 19.4. The third-order valence-electron chi connectivity index (χ3n) is 3.14. The normalized spacial score (nSPS) is 21.9. The fourth-order valence-electron chi connectivity index (χ4n) is 1.97. The standard InChI is InChI=1S/C13H13F3N2O4/c14-13(15,16)7-1-3-8(4-2-7)22-18-12(21)10-9(19)5-6-17-11(10)20/h1-4,9-10,19H,5-6H2,(H,17,20)(H,18,21). The zero-order valence-electron chi connectivity index (χ0n) is 11.2. The predicted octanol–water partition coefficient (Wildman–Crippen LogP) is 0.612. The lowest BCUT2D eigenvalue weighted by Crippen LogP contribution is -2.52. The van der Waals surface area contributed by atoms with E-state index in [9.17, 15) is 27.9 Å². The largest absolute Gasteiger partial charge is 0.416 e. The summed E-state index contributed by atoms with van der Waals surface area (Å²) in [6, 6.07) is 3.65. The molecule has 0 radical (unpaired) electrons. The van der Waals surface area contributed by atoms with E-state index in [1.165, 1.54) is 0 Å². The summed E-state index contributed by atoms with van der Waals surface area (Å²) in [6.45, 7) is 0.267. The second kappa shape index (κ2) is 6.22. The van der Waals surface area contributed by atoms with Gasteiger partial charge in [0, 0.05) is 6.54 Å². The van der Waals surface area contributed by atoms with Gasteiger partial charge in [-0.25, -0.2) is 0 Å². The third kappa shape index (κ3) is 3.67. The van der Waals surface area contributed by atoms with Crippen molar-refractivity contribution in [1.82, 2.24) is 10.8 Å². The molecule has 2 unspecified atom stereocenters. The highest BCUT2D eigenvalue weighted by Crippen LogP contribution is 2.30. The Bertz CT molecular complexity index is 559. The molecule has 0 bridgehead atoms. The Balaban J connectivity index is 1.95. The van der Waals surface area contributed by atoms with Crippen molar-refractivity contribution in [3.05, 3.63) is 29.8 Å². The molecule has 0 aliphatic carbocycles. The predicted molar refractivity (Wildman–Crippen MR) is 67.3 cm³/mol. The van der Waals surface area contributed by atoms with Crippen LogP contribution in [0.15, 0.2) is 24.3 Å². The summed E-state index contributed by atoms with van der Waals surface area (Å²) in [5, 5.41) is 12.1. The Morgan fingerprint density at radius 2 is 1.95 bits per heavy atom. The SMILES string of the molecule is O=C1NCCC(O)C1C(=O)NOc1ccc(C(F)(F)F)cc1. The van der Waals surface area contributed by atoms with Gasteiger partial charge in [0.2, 0.25) is 5.91 Å². The van der Waals surface area contributed by atoms with E-state index in [4.69, 9.17) is 4.84 Å². The van der Waals surface area contributed by atoms with Gasteiger partial charge in [0.1, 0.15) is 5.92 Å². The number of amides is 2. The van der Waals surface area contributed by atoms with Gasteiger partial charge in [-0.3, -0.25) is 9.59 Å². The van der Waals surface area contributed by atoms with Crippen LogP contribution in [0, 0.1) is 5.92 Å². The molecule has 1 saturated heterocycles. The molecule has 2 atom stereocenters. The van der Waals surface area contributed by atoms with Gasteiger partial charge in [-0.1, -0.05) is 0 Å². The fraction of sp³-hybridized carbons (Fsp3) is 0.385. The van der Waals surface area contributed by atoms with Crippen molar-refractivity contribution in [3.8, 4) is 5.75 Å². The van der Waals surface area contributed by atoms with E-state index < -0.39 is 35.6 Å². The lowest BCUT2D eigenvalue weighted by molar-refractivity contribution is -0.146. The number of rotatable bonds is 3. The van der Waals surface area contributed by atoms with Gasteiger partial charge in [0.15, 0.2) is 5.75 Å². The molecule has 1 fully saturated rings. The Kier molecular flexibility index (Phi) is 4.55. The molecule has 1 heterocycles. The molecular formula is C13H13F3N2O4. The first kappa shape index (κ1) is 16.1. The molecule has 120 valence electrons. The van der Waals surface area contributed by atoms with Crippen LogP contribution in [0.5, 0.6) is 5.75 Å². The molecule has 6 nitrogen and oxygen atoms in total. The number of hydrogen-bond acceptors (Lipinski definition) is 4. The van der Waals surface area contributed by atoms with Crippen molar-refractivity contribution >= 4 is 11.8 Å². The van der Waals surface area contributed by atoms with E-state index in [0.29, 0.717) is 0 Å². The maximum atomic E-state index is 12.4. The van der Waals surface area contributed by atoms with Gasteiger partial charge in [-0.05, 0) is 30.7 Å². The Hall–Kier alpha value is -2.29. The zero-order valence-corrected chi connectivity index (χ0v) is 11.2. The van der Waals surface area contributed by atoms with Crippen LogP contribution < -0.4 is 15.6 Å². The molecule has 1 aromatic rings. The average molecular weight is 318 g/mol. The third-order valence-corrected chi connectivity index (χ3v) is 3.14. The maximum absolute atomic E-state index is 12.4. The second-order valence-corrected chi connectivity index (χ2v) is 4.72. The molecule has 1 aliphatic rings. The van der Waals surface area contributed by atoms with Crippen molar-refractivity contribution < 1.29 is 32.7 Å². The molecule has 1 aromatic carbocycles. The summed E-state index contributed by atoms with van der Waals surface area (Å²) in [6.07, 6.45) is -5.37. The zero-order chi connectivity index (χ0) is 16.3. The minimum Gasteiger partial charge on any atom is -0.392 e. The maximum Gasteiger partial charge on any atom is 0.416 e. The van der Waals surface area contributed by atoms with E-state index in [-0.39, 0.29) is 18.7 Å². The number of piperidine rings is 1. The molecule has 0 saturated carbocycles. The lowest BCUT2D eigenvalue weighted by atomic mass is 9.95. The molecule has 2 rings (SSSR count). The average Bonchev–Trinajstić information content (AvgIpc) is 2.44. The highest BCUT2D eigenvalue weighted by molar-refractivity contribution is 6.01. The quantitative estimate of drug-likeness (QED) is 0.563. The van der Waals surface area contributed by atoms with Crippen LogP contribution in [0.25, 0.3) is 0 Å². The minimum atomic E-state index is -4.47. The molecule has 1 aliphatic heterocycles. The first-order chi connectivity index (χ1) is 10.3. The van der Waals surface area contributed by atoms with Crippen molar-refractivity contribution in [2.45, 2.75) is 18.7 Å². The number of aliphatic hydroxyl groups is 1. The topological polar surface area (TPSA) is 87.7 Å². The summed E-state index contributed by atoms with van der Waals surface area (Å²) < 4.78 is 37.1. The van der Waals surface area contributed by atoms with Gasteiger partial charge < -0.3 is 15.3 Å². The summed E-state index contributed by atoms with van der Waals surface area (Å²) in [7, 11) is 0. The highest BCUT2D eigenvalue weighted by Gasteiger charge is 2.37. The number of halogens is 3. The first-order valence-electron chi connectivity index (χ1n) is 6.39. The van der Waals surface area contributed by atoms with E-state index in [0.717, 1.165) is 24.3 Å². The molecule has 9 heteroatoms. The summed E-state index contributed by atoms with van der Waals surface area (Å²) >= 11 is 0. The number of aliphatic hydroxyl groups excluding tert-OH is 1. The Morgan fingerprint density at radius 3 is 2.50 bits per heavy atom. The number of alkyl halides is 3. The first-order valence-corrected chi connectivity index (χ1v) is 6.39. The van der Waals surface area contributed by atoms with Crippen LogP contribution in [-0.2, 0) is 15.8 Å². The van der Waals surface area contributed by atoms with Crippen molar-refractivity contribution in [1.29, 1.82) is 0 Å². The Morgan fingerprint density at radius 1 is 1.32 bits per heavy atom. The summed E-state index contributed by atoms with van der Waals surface area (Å²) in [5.74, 6) is -2.85. The molecule has 2 amide bonds. The van der Waals surface area contributed by atoms with Gasteiger partial charge in [0.05, 0.1) is 11.7 Å². The van der Waals surface area contributed by atoms with Gasteiger partial charge in [-0.2, -0.15) is 18.7 Å². The van der Waals surface area contributed by atoms with Gasteiger partial charge in [0.25, 0.3) is 5.91 Å². The van der Waals surface area contributed by atoms with E-state index in [2.05, 4.69) is 5.32 Å². The van der Waals surface area contributed by atoms with Crippen molar-refractivity contribution in [2.75, 3.05) is 6.54 Å². The van der Waals surface area contributed by atoms with Crippen LogP contribution >= 0.6 is 0 Å². The Labute approximate surface area is 123 Å². The molecule has 3 N–H and O–H groups in total. The second-order valence-electron chi connectivity index (χ2n) is 4.72. The van der Waals surface area contributed by atoms with Crippen molar-refractivity contribution in [2.24, 2.45) is 5.92 Å². The lowest BCUT2D eigenvalue weighted by Gasteiger charge is -2.25. The van der Waals surface area contributed by atoms with E-state index >= 15 is 0 Å². The number of carbonyl (C=O) groups is 2. The van der Waals surface area contributed by atoms with Crippen LogP contribution in [-0.4, -0.2) is 29.6 Å². The summed E-state index contributed by atoms with van der Waals surface area (Å²) in [4.78, 5) is 28.1. The fourth-order valence-corrected chi connectivity index (χ4v) is 1.97. The summed E-state index contributed by atoms with van der Waals surface area (Å²) in [5.41, 5.74) is 1.09. The number of nitrogens with one attached hydrogen (secondary N) is 2. The van der Waals surface area contributed by atoms with E-state index in [1.807, 2.05) is 5.48 Å². The van der Waals surface area contributed by atoms with Crippen LogP contribution in [0.2, 0.25) is 0 Å². The minimum absolute atomic E-state index is 0.0351. The monoisotopic (exact) mass is 318 g/mol. The van der Waals surface area contributed by atoms with Crippen LogP contribution in [0.3, 0.4) is 0 Å². The number of hydroxylamine groups is 1. The number of carbonyl (C=O) groups excluding carboxylic acids is 2. The molecule has 0 aromatic heterocycles. The van der Waals surface area contributed by atoms with Gasteiger partial charge >= 0.3 is 6.18 Å².